The average Bonchev–Trinajstić information content (AvgIpc) is 2.38. The lowest BCUT2D eigenvalue weighted by Gasteiger charge is -2.11. The van der Waals surface area contributed by atoms with Gasteiger partial charge in [-0.3, -0.25) is 0 Å². The van der Waals surface area contributed by atoms with Gasteiger partial charge in [0.1, 0.15) is 5.75 Å². The molecule has 4 heteroatoms. The number of ether oxygens (including phenoxy) is 1. The molecule has 3 nitrogen and oxygen atoms in total. The molecule has 19 heavy (non-hydrogen) atoms. The Morgan fingerprint density at radius 1 is 1.26 bits per heavy atom. The Bertz CT molecular complexity index is 570. The van der Waals surface area contributed by atoms with Crippen molar-refractivity contribution in [3.8, 4) is 11.6 Å². The number of hydrogen-bond donors (Lipinski definition) is 1. The second-order valence-corrected chi connectivity index (χ2v) is 5.86. The third-order valence-corrected chi connectivity index (χ3v) is 3.35. The van der Waals surface area contributed by atoms with Crippen molar-refractivity contribution in [2.45, 2.75) is 26.4 Å². The zero-order valence-corrected chi connectivity index (χ0v) is 13.1. The number of halogens is 1. The molecule has 0 unspecified atom stereocenters. The number of aliphatic hydroxyl groups is 1. The van der Waals surface area contributed by atoms with Crippen LogP contribution in [0.3, 0.4) is 0 Å². The number of pyridine rings is 1. The first kappa shape index (κ1) is 14.3. The summed E-state index contributed by atoms with van der Waals surface area (Å²) in [6, 6.07) is 11.5. The fourth-order valence-electron chi connectivity index (χ4n) is 1.67. The van der Waals surface area contributed by atoms with Gasteiger partial charge in [-0.1, -0.05) is 19.9 Å². The average molecular weight is 369 g/mol. The van der Waals surface area contributed by atoms with Crippen molar-refractivity contribution in [2.24, 2.45) is 0 Å². The quantitative estimate of drug-likeness (QED) is 0.826. The molecule has 0 radical (unpaired) electrons. The summed E-state index contributed by atoms with van der Waals surface area (Å²) in [5, 5.41) is 9.29. The molecule has 2 rings (SSSR count). The number of aromatic nitrogens is 1. The Balaban J connectivity index is 2.31. The first-order valence-corrected chi connectivity index (χ1v) is 7.21. The predicted molar refractivity (Wildman–Crippen MR) is 83.5 cm³/mol. The zero-order valence-electron chi connectivity index (χ0n) is 10.9. The van der Waals surface area contributed by atoms with Gasteiger partial charge >= 0.3 is 0 Å². The molecule has 0 aliphatic heterocycles. The molecule has 0 saturated carbocycles. The highest BCUT2D eigenvalue weighted by atomic mass is 127. The standard InChI is InChI=1S/C15H16INO2/c1-10(2)14-6-11(9-18)7-15(17-14)19-13-5-3-4-12(16)8-13/h3-8,10,18H,9H2,1-2H3. The Morgan fingerprint density at radius 3 is 2.68 bits per heavy atom. The molecule has 100 valence electrons. The first-order chi connectivity index (χ1) is 9.08. The summed E-state index contributed by atoms with van der Waals surface area (Å²) in [4.78, 5) is 4.47. The van der Waals surface area contributed by atoms with E-state index in [1.54, 1.807) is 6.07 Å². The van der Waals surface area contributed by atoms with E-state index >= 15 is 0 Å². The third kappa shape index (κ3) is 3.91. The van der Waals surface area contributed by atoms with Crippen LogP contribution in [0, 0.1) is 3.57 Å². The summed E-state index contributed by atoms with van der Waals surface area (Å²) >= 11 is 2.24. The van der Waals surface area contributed by atoms with E-state index in [0.29, 0.717) is 11.8 Å². The maximum atomic E-state index is 9.29. The largest absolute Gasteiger partial charge is 0.439 e. The summed E-state index contributed by atoms with van der Waals surface area (Å²) in [7, 11) is 0. The van der Waals surface area contributed by atoms with Crippen LogP contribution in [-0.4, -0.2) is 10.1 Å². The van der Waals surface area contributed by atoms with E-state index in [9.17, 15) is 5.11 Å². The Labute approximate surface area is 126 Å². The van der Waals surface area contributed by atoms with Gasteiger partial charge < -0.3 is 9.84 Å². The molecule has 0 fully saturated rings. The minimum Gasteiger partial charge on any atom is -0.439 e. The second-order valence-electron chi connectivity index (χ2n) is 4.61. The van der Waals surface area contributed by atoms with Crippen LogP contribution in [0.25, 0.3) is 0 Å². The molecule has 1 aromatic heterocycles. The molecular formula is C15H16INO2. The van der Waals surface area contributed by atoms with E-state index in [-0.39, 0.29) is 6.61 Å². The maximum Gasteiger partial charge on any atom is 0.219 e. The highest BCUT2D eigenvalue weighted by Crippen LogP contribution is 2.25. The van der Waals surface area contributed by atoms with Crippen molar-refractivity contribution < 1.29 is 9.84 Å². The first-order valence-electron chi connectivity index (χ1n) is 6.13. The van der Waals surface area contributed by atoms with E-state index in [4.69, 9.17) is 4.74 Å². The highest BCUT2D eigenvalue weighted by Gasteiger charge is 2.07. The minimum absolute atomic E-state index is 0.00900. The van der Waals surface area contributed by atoms with Crippen LogP contribution in [0.4, 0.5) is 0 Å². The van der Waals surface area contributed by atoms with Gasteiger partial charge in [0.05, 0.1) is 6.61 Å². The second kappa shape index (κ2) is 6.34. The molecule has 0 spiro atoms. The summed E-state index contributed by atoms with van der Waals surface area (Å²) in [5.41, 5.74) is 1.74. The van der Waals surface area contributed by atoms with Crippen molar-refractivity contribution in [1.29, 1.82) is 0 Å². The highest BCUT2D eigenvalue weighted by molar-refractivity contribution is 14.1. The van der Waals surface area contributed by atoms with Gasteiger partial charge in [0, 0.05) is 15.3 Å². The predicted octanol–water partition coefficient (Wildman–Crippen LogP) is 4.09. The summed E-state index contributed by atoms with van der Waals surface area (Å²) in [5.74, 6) is 1.58. The van der Waals surface area contributed by atoms with Crippen molar-refractivity contribution in [3.63, 3.8) is 0 Å². The van der Waals surface area contributed by atoms with E-state index < -0.39 is 0 Å². The van der Waals surface area contributed by atoms with Gasteiger partial charge in [0.15, 0.2) is 0 Å². The molecule has 2 aromatic rings. The van der Waals surface area contributed by atoms with E-state index in [1.807, 2.05) is 30.3 Å². The van der Waals surface area contributed by atoms with Crippen molar-refractivity contribution in [1.82, 2.24) is 4.98 Å². The van der Waals surface area contributed by atoms with Gasteiger partial charge in [-0.25, -0.2) is 4.98 Å². The molecule has 0 aliphatic rings. The number of aliphatic hydroxyl groups excluding tert-OH is 1. The van der Waals surface area contributed by atoms with Crippen molar-refractivity contribution in [3.05, 3.63) is 51.2 Å². The summed E-state index contributed by atoms with van der Waals surface area (Å²) in [6.45, 7) is 4.13. The molecule has 0 amide bonds. The van der Waals surface area contributed by atoms with E-state index in [1.165, 1.54) is 0 Å². The zero-order chi connectivity index (χ0) is 13.8. The topological polar surface area (TPSA) is 42.4 Å². The molecule has 0 saturated heterocycles. The van der Waals surface area contributed by atoms with Gasteiger partial charge in [0.25, 0.3) is 0 Å². The molecule has 0 atom stereocenters. The maximum absolute atomic E-state index is 9.29. The van der Waals surface area contributed by atoms with Crippen LogP contribution in [0.15, 0.2) is 36.4 Å². The van der Waals surface area contributed by atoms with Crippen molar-refractivity contribution >= 4 is 22.6 Å². The Hall–Kier alpha value is -1.14. The van der Waals surface area contributed by atoms with Gasteiger partial charge in [-0.15, -0.1) is 0 Å². The summed E-state index contributed by atoms with van der Waals surface area (Å²) < 4.78 is 6.87. The number of hydrogen-bond acceptors (Lipinski definition) is 3. The van der Waals surface area contributed by atoms with Crippen molar-refractivity contribution in [2.75, 3.05) is 0 Å². The smallest absolute Gasteiger partial charge is 0.219 e. The summed E-state index contributed by atoms with van der Waals surface area (Å²) in [6.07, 6.45) is 0. The molecule has 1 N–H and O–H groups in total. The van der Waals surface area contributed by atoms with Gasteiger partial charge in [-0.05, 0) is 58.3 Å². The number of rotatable bonds is 4. The normalized spacial score (nSPS) is 10.8. The van der Waals surface area contributed by atoms with Crippen LogP contribution in [-0.2, 0) is 6.61 Å². The third-order valence-electron chi connectivity index (χ3n) is 2.67. The fourth-order valence-corrected chi connectivity index (χ4v) is 2.19. The van der Waals surface area contributed by atoms with E-state index in [0.717, 1.165) is 20.6 Å². The lowest BCUT2D eigenvalue weighted by Crippen LogP contribution is -1.98. The van der Waals surface area contributed by atoms with Crippen LogP contribution in [0.2, 0.25) is 0 Å². The molecule has 1 aromatic carbocycles. The van der Waals surface area contributed by atoms with Crippen LogP contribution in [0.5, 0.6) is 11.6 Å². The molecular weight excluding hydrogens is 353 g/mol. The number of benzene rings is 1. The fraction of sp³-hybridized carbons (Fsp3) is 0.267. The molecule has 0 bridgehead atoms. The molecule has 1 heterocycles. The minimum atomic E-state index is -0.00900. The monoisotopic (exact) mass is 369 g/mol. The van der Waals surface area contributed by atoms with Crippen LogP contribution < -0.4 is 4.74 Å². The Kier molecular flexibility index (Phi) is 4.76. The SMILES string of the molecule is CC(C)c1cc(CO)cc(Oc2cccc(I)c2)n1. The van der Waals surface area contributed by atoms with Gasteiger partial charge in [-0.2, -0.15) is 0 Å². The Morgan fingerprint density at radius 2 is 2.05 bits per heavy atom. The number of nitrogens with zero attached hydrogens (tertiary/aromatic N) is 1. The lowest BCUT2D eigenvalue weighted by atomic mass is 10.1. The molecule has 0 aliphatic carbocycles. The van der Waals surface area contributed by atoms with Crippen LogP contribution in [0.1, 0.15) is 31.0 Å². The van der Waals surface area contributed by atoms with E-state index in [2.05, 4.69) is 41.4 Å². The lowest BCUT2D eigenvalue weighted by molar-refractivity contribution is 0.280. The van der Waals surface area contributed by atoms with Gasteiger partial charge in [0.2, 0.25) is 5.88 Å². The van der Waals surface area contributed by atoms with Crippen LogP contribution >= 0.6 is 22.6 Å².